The van der Waals surface area contributed by atoms with Crippen LogP contribution in [0, 0.1) is 5.92 Å². The molecule has 3 rings (SSSR count). The van der Waals surface area contributed by atoms with Gasteiger partial charge >= 0.3 is 0 Å². The summed E-state index contributed by atoms with van der Waals surface area (Å²) in [4.78, 5) is 7.00. The Labute approximate surface area is 120 Å². The largest absolute Gasteiger partial charge is 0.354 e. The van der Waals surface area contributed by atoms with Gasteiger partial charge in [0.1, 0.15) is 5.82 Å². The summed E-state index contributed by atoms with van der Waals surface area (Å²) < 4.78 is 0. The fraction of sp³-hybridized carbons (Fsp3) is 0.353. The van der Waals surface area contributed by atoms with Crippen molar-refractivity contribution in [2.24, 2.45) is 5.92 Å². The predicted molar refractivity (Wildman–Crippen MR) is 84.7 cm³/mol. The predicted octanol–water partition coefficient (Wildman–Crippen LogP) is 2.64. The van der Waals surface area contributed by atoms with Crippen LogP contribution in [0.5, 0.6) is 0 Å². The van der Waals surface area contributed by atoms with Crippen LogP contribution in [0.4, 0.5) is 5.82 Å². The lowest BCUT2D eigenvalue weighted by Gasteiger charge is -2.30. The van der Waals surface area contributed by atoms with Gasteiger partial charge in [0.25, 0.3) is 0 Å². The maximum absolute atomic E-state index is 4.63. The maximum atomic E-state index is 4.63. The minimum Gasteiger partial charge on any atom is -0.354 e. The molecule has 0 spiro atoms. The average molecular weight is 267 g/mol. The van der Waals surface area contributed by atoms with Gasteiger partial charge in [0.15, 0.2) is 0 Å². The van der Waals surface area contributed by atoms with Gasteiger partial charge in [-0.2, -0.15) is 0 Å². The molecule has 104 valence electrons. The number of aromatic nitrogens is 1. The third kappa shape index (κ3) is 2.83. The highest BCUT2D eigenvalue weighted by Crippen LogP contribution is 2.27. The second-order valence-corrected chi connectivity index (χ2v) is 5.34. The van der Waals surface area contributed by atoms with Crippen LogP contribution in [-0.4, -0.2) is 31.2 Å². The molecule has 0 amide bonds. The first-order chi connectivity index (χ1) is 9.84. The number of pyridine rings is 1. The van der Waals surface area contributed by atoms with Crippen LogP contribution in [0.25, 0.3) is 5.57 Å². The molecule has 2 heterocycles. The Kier molecular flexibility index (Phi) is 3.97. The number of anilines is 1. The van der Waals surface area contributed by atoms with Gasteiger partial charge in [-0.15, -0.1) is 0 Å². The highest BCUT2D eigenvalue weighted by Gasteiger charge is 2.16. The lowest BCUT2D eigenvalue weighted by molar-refractivity contribution is 0.584. The number of allylic oxidation sites excluding steroid dienone is 6. The van der Waals surface area contributed by atoms with E-state index in [1.54, 1.807) is 0 Å². The molecule has 1 aromatic rings. The average Bonchev–Trinajstić information content (AvgIpc) is 2.73. The van der Waals surface area contributed by atoms with E-state index in [0.717, 1.165) is 32.0 Å². The van der Waals surface area contributed by atoms with E-state index in [1.807, 2.05) is 12.3 Å². The molecule has 1 aliphatic carbocycles. The third-order valence-electron chi connectivity index (χ3n) is 3.78. The fourth-order valence-corrected chi connectivity index (χ4v) is 2.64. The zero-order valence-electron chi connectivity index (χ0n) is 11.9. The summed E-state index contributed by atoms with van der Waals surface area (Å²) in [5, 5.41) is 3.39. The van der Waals surface area contributed by atoms with Crippen molar-refractivity contribution in [3.63, 3.8) is 0 Å². The summed E-state index contributed by atoms with van der Waals surface area (Å²) in [7, 11) is 0. The van der Waals surface area contributed by atoms with Crippen LogP contribution in [0.3, 0.4) is 0 Å². The first-order valence-electron chi connectivity index (χ1n) is 7.32. The molecular weight excluding hydrogens is 246 g/mol. The minimum absolute atomic E-state index is 0.489. The molecule has 0 radical (unpaired) electrons. The Morgan fingerprint density at radius 2 is 2.10 bits per heavy atom. The number of nitrogens with zero attached hydrogens (tertiary/aromatic N) is 2. The van der Waals surface area contributed by atoms with Gasteiger partial charge in [-0.1, -0.05) is 37.3 Å². The summed E-state index contributed by atoms with van der Waals surface area (Å²) in [6, 6.07) is 4.19. The second-order valence-electron chi connectivity index (χ2n) is 5.34. The van der Waals surface area contributed by atoms with E-state index >= 15 is 0 Å². The van der Waals surface area contributed by atoms with Gasteiger partial charge in [0.2, 0.25) is 0 Å². The molecule has 0 saturated carbocycles. The van der Waals surface area contributed by atoms with Gasteiger partial charge in [-0.05, 0) is 23.6 Å². The lowest BCUT2D eigenvalue weighted by atomic mass is 10.0. The molecular formula is C17H21N3. The third-order valence-corrected chi connectivity index (χ3v) is 3.78. The van der Waals surface area contributed by atoms with Crippen LogP contribution >= 0.6 is 0 Å². The van der Waals surface area contributed by atoms with Crippen LogP contribution < -0.4 is 10.2 Å². The van der Waals surface area contributed by atoms with E-state index < -0.39 is 0 Å². The van der Waals surface area contributed by atoms with Crippen molar-refractivity contribution in [2.45, 2.75) is 6.92 Å². The Bertz CT molecular complexity index is 551. The summed E-state index contributed by atoms with van der Waals surface area (Å²) in [5.74, 6) is 1.59. The van der Waals surface area contributed by atoms with Gasteiger partial charge in [0.05, 0.1) is 0 Å². The quantitative estimate of drug-likeness (QED) is 0.893. The highest BCUT2D eigenvalue weighted by atomic mass is 15.2. The minimum atomic E-state index is 0.489. The molecule has 3 nitrogen and oxygen atoms in total. The number of hydrogen-bond acceptors (Lipinski definition) is 3. The van der Waals surface area contributed by atoms with Crippen molar-refractivity contribution in [3.05, 3.63) is 54.3 Å². The standard InChI is InChI=1S/C17H21N3/c1-14-4-2-5-15(8-7-14)16-6-3-9-19-17(16)20-12-10-18-11-13-20/h2-9,14,18H,10-13H2,1H3. The molecule has 1 saturated heterocycles. The van der Waals surface area contributed by atoms with E-state index in [4.69, 9.17) is 0 Å². The zero-order valence-corrected chi connectivity index (χ0v) is 11.9. The molecule has 2 aliphatic rings. The molecule has 3 heteroatoms. The van der Waals surface area contributed by atoms with Gasteiger partial charge in [0, 0.05) is 37.9 Å². The molecule has 1 aliphatic heterocycles. The molecule has 0 aromatic carbocycles. The monoisotopic (exact) mass is 267 g/mol. The summed E-state index contributed by atoms with van der Waals surface area (Å²) >= 11 is 0. The van der Waals surface area contributed by atoms with E-state index in [1.165, 1.54) is 11.1 Å². The van der Waals surface area contributed by atoms with Gasteiger partial charge in [-0.25, -0.2) is 4.98 Å². The molecule has 1 fully saturated rings. The van der Waals surface area contributed by atoms with E-state index in [9.17, 15) is 0 Å². The molecule has 20 heavy (non-hydrogen) atoms. The van der Waals surface area contributed by atoms with Crippen molar-refractivity contribution in [1.29, 1.82) is 0 Å². The second kappa shape index (κ2) is 6.06. The zero-order chi connectivity index (χ0) is 13.8. The SMILES string of the molecule is CC1C=CC=C(c2cccnc2N2CCNCC2)C=C1. The van der Waals surface area contributed by atoms with Crippen LogP contribution in [0.2, 0.25) is 0 Å². The van der Waals surface area contributed by atoms with Crippen molar-refractivity contribution in [2.75, 3.05) is 31.1 Å². The normalized spacial score (nSPS) is 22.6. The summed E-state index contributed by atoms with van der Waals surface area (Å²) in [5.41, 5.74) is 2.47. The summed E-state index contributed by atoms with van der Waals surface area (Å²) in [6.45, 7) is 6.30. The maximum Gasteiger partial charge on any atom is 0.136 e. The van der Waals surface area contributed by atoms with E-state index in [0.29, 0.717) is 5.92 Å². The van der Waals surface area contributed by atoms with Crippen molar-refractivity contribution in [3.8, 4) is 0 Å². The van der Waals surface area contributed by atoms with Crippen molar-refractivity contribution < 1.29 is 0 Å². The molecule has 1 aromatic heterocycles. The molecule has 1 unspecified atom stereocenters. The van der Waals surface area contributed by atoms with Gasteiger partial charge < -0.3 is 10.2 Å². The van der Waals surface area contributed by atoms with Crippen LogP contribution in [0.15, 0.2) is 48.7 Å². The van der Waals surface area contributed by atoms with Crippen LogP contribution in [0.1, 0.15) is 12.5 Å². The fourth-order valence-electron chi connectivity index (χ4n) is 2.64. The Hall–Kier alpha value is -1.87. The number of piperazine rings is 1. The van der Waals surface area contributed by atoms with E-state index in [2.05, 4.69) is 58.6 Å². The van der Waals surface area contributed by atoms with E-state index in [-0.39, 0.29) is 0 Å². The van der Waals surface area contributed by atoms with Crippen molar-refractivity contribution in [1.82, 2.24) is 10.3 Å². The Morgan fingerprint density at radius 3 is 2.95 bits per heavy atom. The molecule has 0 bridgehead atoms. The van der Waals surface area contributed by atoms with Crippen molar-refractivity contribution >= 4 is 11.4 Å². The van der Waals surface area contributed by atoms with Gasteiger partial charge in [-0.3, -0.25) is 0 Å². The number of hydrogen-bond donors (Lipinski definition) is 1. The summed E-state index contributed by atoms with van der Waals surface area (Å²) in [6.07, 6.45) is 12.9. The smallest absolute Gasteiger partial charge is 0.136 e. The van der Waals surface area contributed by atoms with Crippen LogP contribution in [-0.2, 0) is 0 Å². The topological polar surface area (TPSA) is 28.2 Å². The Balaban J connectivity index is 1.95. The number of rotatable bonds is 2. The first kappa shape index (κ1) is 13.1. The number of nitrogens with one attached hydrogen (secondary N) is 1. The molecule has 1 N–H and O–H groups in total. The molecule has 1 atom stereocenters. The highest BCUT2D eigenvalue weighted by molar-refractivity contribution is 5.82. The first-order valence-corrected chi connectivity index (χ1v) is 7.32. The Morgan fingerprint density at radius 1 is 1.25 bits per heavy atom. The lowest BCUT2D eigenvalue weighted by Crippen LogP contribution is -2.44.